The maximum absolute atomic E-state index is 11.9. The van der Waals surface area contributed by atoms with Gasteiger partial charge in [-0.1, -0.05) is 6.92 Å². The van der Waals surface area contributed by atoms with Crippen molar-refractivity contribution in [1.82, 2.24) is 4.90 Å². The summed E-state index contributed by atoms with van der Waals surface area (Å²) in [5.41, 5.74) is 5.98. The van der Waals surface area contributed by atoms with Crippen LogP contribution in [0.5, 0.6) is 0 Å². The van der Waals surface area contributed by atoms with Gasteiger partial charge in [-0.2, -0.15) is 0 Å². The Hall–Kier alpha value is -0.570. The molecular formula is C11H22N2O. The van der Waals surface area contributed by atoms with Gasteiger partial charge in [-0.25, -0.2) is 0 Å². The minimum atomic E-state index is 0.172. The molecule has 1 fully saturated rings. The van der Waals surface area contributed by atoms with E-state index in [0.717, 1.165) is 25.8 Å². The van der Waals surface area contributed by atoms with Crippen molar-refractivity contribution >= 4 is 5.91 Å². The number of carbonyl (C=O) groups is 1. The van der Waals surface area contributed by atoms with Crippen LogP contribution in [0.15, 0.2) is 0 Å². The largest absolute Gasteiger partial charge is 0.346 e. The van der Waals surface area contributed by atoms with Gasteiger partial charge >= 0.3 is 0 Å². The van der Waals surface area contributed by atoms with Gasteiger partial charge in [0.25, 0.3) is 0 Å². The summed E-state index contributed by atoms with van der Waals surface area (Å²) in [5.74, 6) is 1.02. The van der Waals surface area contributed by atoms with E-state index in [4.69, 9.17) is 5.73 Å². The van der Waals surface area contributed by atoms with Crippen LogP contribution >= 0.6 is 0 Å². The minimum Gasteiger partial charge on any atom is -0.346 e. The quantitative estimate of drug-likeness (QED) is 0.725. The lowest BCUT2D eigenvalue weighted by molar-refractivity contribution is -0.135. The van der Waals surface area contributed by atoms with Crippen molar-refractivity contribution in [1.29, 1.82) is 0 Å². The molecule has 1 saturated carbocycles. The lowest BCUT2D eigenvalue weighted by atomic mass is 9.79. The Morgan fingerprint density at radius 3 is 2.64 bits per heavy atom. The molecule has 0 heterocycles. The first-order valence-electron chi connectivity index (χ1n) is 5.56. The molecule has 3 nitrogen and oxygen atoms in total. The molecular weight excluding hydrogens is 176 g/mol. The summed E-state index contributed by atoms with van der Waals surface area (Å²) in [6.07, 6.45) is 2.97. The minimum absolute atomic E-state index is 0.172. The Kier molecular flexibility index (Phi) is 3.93. The normalized spacial score (nSPS) is 32.7. The van der Waals surface area contributed by atoms with Crippen molar-refractivity contribution in [3.8, 4) is 0 Å². The van der Waals surface area contributed by atoms with Crippen molar-refractivity contribution < 1.29 is 4.79 Å². The van der Waals surface area contributed by atoms with Crippen molar-refractivity contribution in [2.24, 2.45) is 17.6 Å². The SMILES string of the molecule is CCN(C)C(=O)C1CCC(C)C(N)C1. The van der Waals surface area contributed by atoms with Crippen LogP contribution in [0.4, 0.5) is 0 Å². The zero-order valence-corrected chi connectivity index (χ0v) is 9.49. The molecule has 0 bridgehead atoms. The molecule has 3 heteroatoms. The lowest BCUT2D eigenvalue weighted by Crippen LogP contribution is -2.41. The van der Waals surface area contributed by atoms with Crippen molar-refractivity contribution in [2.45, 2.75) is 39.2 Å². The molecule has 82 valence electrons. The summed E-state index contributed by atoms with van der Waals surface area (Å²) in [4.78, 5) is 13.7. The third-order valence-corrected chi connectivity index (χ3v) is 3.46. The van der Waals surface area contributed by atoms with Crippen LogP contribution in [0.25, 0.3) is 0 Å². The van der Waals surface area contributed by atoms with Crippen LogP contribution in [0.1, 0.15) is 33.1 Å². The summed E-state index contributed by atoms with van der Waals surface area (Å²) in [6, 6.07) is 0.211. The number of carbonyl (C=O) groups excluding carboxylic acids is 1. The standard InChI is InChI=1S/C11H22N2O/c1-4-13(3)11(14)9-6-5-8(2)10(12)7-9/h8-10H,4-7,12H2,1-3H3. The highest BCUT2D eigenvalue weighted by atomic mass is 16.2. The highest BCUT2D eigenvalue weighted by Gasteiger charge is 2.30. The van der Waals surface area contributed by atoms with Crippen LogP contribution in [0.2, 0.25) is 0 Å². The average molecular weight is 198 g/mol. The second-order valence-corrected chi connectivity index (χ2v) is 4.50. The van der Waals surface area contributed by atoms with Crippen LogP contribution < -0.4 is 5.73 Å². The summed E-state index contributed by atoms with van der Waals surface area (Å²) in [5, 5.41) is 0. The molecule has 0 saturated heterocycles. The van der Waals surface area contributed by atoms with E-state index in [2.05, 4.69) is 6.92 Å². The number of hydrogen-bond donors (Lipinski definition) is 1. The Balaban J connectivity index is 2.50. The van der Waals surface area contributed by atoms with Gasteiger partial charge in [0, 0.05) is 25.6 Å². The predicted octanol–water partition coefficient (Wildman–Crippen LogP) is 1.23. The van der Waals surface area contributed by atoms with E-state index in [1.54, 1.807) is 4.90 Å². The first-order valence-corrected chi connectivity index (χ1v) is 5.56. The van der Waals surface area contributed by atoms with Crippen LogP contribution in [0.3, 0.4) is 0 Å². The number of nitrogens with zero attached hydrogens (tertiary/aromatic N) is 1. The summed E-state index contributed by atoms with van der Waals surface area (Å²) >= 11 is 0. The molecule has 0 aromatic heterocycles. The molecule has 1 aliphatic carbocycles. The van der Waals surface area contributed by atoms with Gasteiger partial charge in [-0.3, -0.25) is 4.79 Å². The third-order valence-electron chi connectivity index (χ3n) is 3.46. The molecule has 0 spiro atoms. The van der Waals surface area contributed by atoms with Crippen molar-refractivity contribution in [2.75, 3.05) is 13.6 Å². The van der Waals surface area contributed by atoms with Gasteiger partial charge in [0.15, 0.2) is 0 Å². The fraction of sp³-hybridized carbons (Fsp3) is 0.909. The summed E-state index contributed by atoms with van der Waals surface area (Å²) in [6.45, 7) is 4.97. The fourth-order valence-corrected chi connectivity index (χ4v) is 2.05. The van der Waals surface area contributed by atoms with E-state index >= 15 is 0 Å². The first kappa shape index (κ1) is 11.5. The molecule has 0 aliphatic heterocycles. The molecule has 0 aromatic rings. The molecule has 1 aliphatic rings. The molecule has 2 N–H and O–H groups in total. The van der Waals surface area contributed by atoms with Crippen LogP contribution in [-0.4, -0.2) is 30.4 Å². The van der Waals surface area contributed by atoms with Crippen LogP contribution in [0, 0.1) is 11.8 Å². The molecule has 0 aromatic carbocycles. The summed E-state index contributed by atoms with van der Waals surface area (Å²) < 4.78 is 0. The molecule has 14 heavy (non-hydrogen) atoms. The zero-order chi connectivity index (χ0) is 10.7. The van der Waals surface area contributed by atoms with Gasteiger partial charge in [0.2, 0.25) is 5.91 Å². The van der Waals surface area contributed by atoms with E-state index in [1.807, 2.05) is 14.0 Å². The third kappa shape index (κ3) is 2.47. The fourth-order valence-electron chi connectivity index (χ4n) is 2.05. The molecule has 1 amide bonds. The first-order chi connectivity index (χ1) is 6.56. The van der Waals surface area contributed by atoms with Gasteiger partial charge in [0.05, 0.1) is 0 Å². The number of hydrogen-bond acceptors (Lipinski definition) is 2. The zero-order valence-electron chi connectivity index (χ0n) is 9.49. The van der Waals surface area contributed by atoms with Gasteiger partial charge in [-0.05, 0) is 32.1 Å². The van der Waals surface area contributed by atoms with E-state index in [-0.39, 0.29) is 17.9 Å². The van der Waals surface area contributed by atoms with E-state index in [9.17, 15) is 4.79 Å². The van der Waals surface area contributed by atoms with E-state index < -0.39 is 0 Å². The average Bonchev–Trinajstić information content (AvgIpc) is 2.20. The summed E-state index contributed by atoms with van der Waals surface area (Å²) in [7, 11) is 1.87. The number of amides is 1. The van der Waals surface area contributed by atoms with Crippen LogP contribution in [-0.2, 0) is 4.79 Å². The Morgan fingerprint density at radius 1 is 1.50 bits per heavy atom. The van der Waals surface area contributed by atoms with E-state index in [0.29, 0.717) is 5.92 Å². The van der Waals surface area contributed by atoms with Crippen molar-refractivity contribution in [3.05, 3.63) is 0 Å². The smallest absolute Gasteiger partial charge is 0.225 e. The monoisotopic (exact) mass is 198 g/mol. The topological polar surface area (TPSA) is 46.3 Å². The second-order valence-electron chi connectivity index (χ2n) is 4.50. The second kappa shape index (κ2) is 4.78. The van der Waals surface area contributed by atoms with Gasteiger partial charge in [0.1, 0.15) is 0 Å². The highest BCUT2D eigenvalue weighted by molar-refractivity contribution is 5.78. The Labute approximate surface area is 86.6 Å². The van der Waals surface area contributed by atoms with E-state index in [1.165, 1.54) is 0 Å². The Morgan fingerprint density at radius 2 is 2.14 bits per heavy atom. The highest BCUT2D eigenvalue weighted by Crippen LogP contribution is 2.28. The lowest BCUT2D eigenvalue weighted by Gasteiger charge is -2.32. The van der Waals surface area contributed by atoms with Gasteiger partial charge < -0.3 is 10.6 Å². The van der Waals surface area contributed by atoms with Gasteiger partial charge in [-0.15, -0.1) is 0 Å². The molecule has 0 radical (unpaired) electrons. The maximum atomic E-state index is 11.9. The Bertz CT molecular complexity index is 205. The van der Waals surface area contributed by atoms with Crippen molar-refractivity contribution in [3.63, 3.8) is 0 Å². The maximum Gasteiger partial charge on any atom is 0.225 e. The predicted molar refractivity (Wildman–Crippen MR) is 57.8 cm³/mol. The molecule has 3 atom stereocenters. The molecule has 3 unspecified atom stereocenters. The number of nitrogens with two attached hydrogens (primary N) is 1. The molecule has 1 rings (SSSR count). The number of rotatable bonds is 2.